The molecule has 0 radical (unpaired) electrons. The Labute approximate surface area is 256 Å². The van der Waals surface area contributed by atoms with Gasteiger partial charge in [-0.1, -0.05) is 29.8 Å². The summed E-state index contributed by atoms with van der Waals surface area (Å²) in [6.07, 6.45) is 2.40. The third-order valence-corrected chi connectivity index (χ3v) is 8.49. The highest BCUT2D eigenvalue weighted by atomic mass is 35.5. The predicted molar refractivity (Wildman–Crippen MR) is 160 cm³/mol. The number of pyridine rings is 1. The van der Waals surface area contributed by atoms with Crippen molar-refractivity contribution in [3.8, 4) is 6.07 Å². The molecule has 2 aromatic carbocycles. The van der Waals surface area contributed by atoms with Gasteiger partial charge in [0.15, 0.2) is 0 Å². The molecule has 3 amide bonds. The number of nitriles is 1. The zero-order valence-corrected chi connectivity index (χ0v) is 24.3. The van der Waals surface area contributed by atoms with E-state index in [0.717, 1.165) is 10.9 Å². The number of alkyl halides is 2. The van der Waals surface area contributed by atoms with Gasteiger partial charge in [0.2, 0.25) is 11.8 Å². The summed E-state index contributed by atoms with van der Waals surface area (Å²) < 4.78 is 29.4. The molecule has 12 heteroatoms. The maximum absolute atomic E-state index is 14.8. The van der Waals surface area contributed by atoms with Crippen LogP contribution in [0.5, 0.6) is 0 Å². The van der Waals surface area contributed by atoms with Crippen LogP contribution in [-0.4, -0.2) is 45.3 Å². The van der Waals surface area contributed by atoms with Crippen LogP contribution < -0.4 is 15.1 Å². The molecule has 1 aliphatic carbocycles. The first-order valence-corrected chi connectivity index (χ1v) is 14.4. The molecule has 6 rings (SSSR count). The number of carbonyl (C=O) groups excluding carboxylic acids is 3. The van der Waals surface area contributed by atoms with Crippen molar-refractivity contribution in [2.45, 2.75) is 49.7 Å². The van der Waals surface area contributed by atoms with Crippen LogP contribution in [0.4, 0.5) is 20.3 Å². The molecule has 0 spiro atoms. The highest BCUT2D eigenvalue weighted by Crippen LogP contribution is 2.40. The Morgan fingerprint density at radius 3 is 2.66 bits per heavy atom. The monoisotopic (exact) mass is 616 g/mol. The maximum atomic E-state index is 14.8. The lowest BCUT2D eigenvalue weighted by Gasteiger charge is -2.39. The summed E-state index contributed by atoms with van der Waals surface area (Å²) in [6, 6.07) is 15.4. The van der Waals surface area contributed by atoms with Crippen LogP contribution in [0, 0.1) is 11.3 Å². The second kappa shape index (κ2) is 11.4. The topological polar surface area (TPSA) is 111 Å². The van der Waals surface area contributed by atoms with Crippen molar-refractivity contribution in [2.24, 2.45) is 7.05 Å². The van der Waals surface area contributed by atoms with E-state index in [1.54, 1.807) is 36.4 Å². The molecule has 1 N–H and O–H groups in total. The normalized spacial score (nSPS) is 18.5. The number of amides is 3. The first-order valence-electron chi connectivity index (χ1n) is 14.1. The number of rotatable bonds is 7. The van der Waals surface area contributed by atoms with Gasteiger partial charge in [-0.05, 0) is 48.9 Å². The van der Waals surface area contributed by atoms with E-state index < -0.39 is 48.7 Å². The Hall–Kier alpha value is -4.82. The van der Waals surface area contributed by atoms with E-state index in [-0.39, 0.29) is 35.2 Å². The second-order valence-corrected chi connectivity index (χ2v) is 11.5. The molecule has 2 aliphatic rings. The molecule has 1 aliphatic heterocycles. The van der Waals surface area contributed by atoms with Crippen LogP contribution in [-0.2, 0) is 21.4 Å². The number of benzene rings is 2. The lowest BCUT2D eigenvalue weighted by atomic mass is 9.87. The number of nitrogens with one attached hydrogen (secondary N) is 1. The van der Waals surface area contributed by atoms with Gasteiger partial charge in [-0.25, -0.2) is 13.8 Å². The van der Waals surface area contributed by atoms with E-state index in [9.17, 15) is 28.4 Å². The Morgan fingerprint density at radius 2 is 1.93 bits per heavy atom. The fourth-order valence-electron chi connectivity index (χ4n) is 5.95. The zero-order chi connectivity index (χ0) is 31.2. The van der Waals surface area contributed by atoms with E-state index in [1.165, 1.54) is 28.1 Å². The number of halogens is 3. The van der Waals surface area contributed by atoms with Crippen molar-refractivity contribution in [3.63, 3.8) is 0 Å². The summed E-state index contributed by atoms with van der Waals surface area (Å²) in [6.45, 7) is 0. The largest absolute Gasteiger partial charge is 0.351 e. The third kappa shape index (κ3) is 5.37. The van der Waals surface area contributed by atoms with Gasteiger partial charge in [-0.15, -0.1) is 0 Å². The van der Waals surface area contributed by atoms with E-state index in [4.69, 9.17) is 11.6 Å². The van der Waals surface area contributed by atoms with Gasteiger partial charge in [-0.3, -0.25) is 24.2 Å². The SMILES string of the molecule is Cn1ccc2cc(N(C(=O)C3CCC(=O)N3c3cc(C#N)ccn3)C(C(=O)NC3CC(F)(F)C3)c3ccccc3Cl)ccc21. The summed E-state index contributed by atoms with van der Waals surface area (Å²) in [4.78, 5) is 48.8. The fourth-order valence-corrected chi connectivity index (χ4v) is 6.18. The van der Waals surface area contributed by atoms with Crippen LogP contribution >= 0.6 is 11.6 Å². The minimum absolute atomic E-state index is 0.0422. The molecule has 9 nitrogen and oxygen atoms in total. The summed E-state index contributed by atoms with van der Waals surface area (Å²) in [7, 11) is 1.88. The van der Waals surface area contributed by atoms with Crippen molar-refractivity contribution >= 4 is 51.7 Å². The molecule has 2 unspecified atom stereocenters. The van der Waals surface area contributed by atoms with Crippen molar-refractivity contribution in [1.82, 2.24) is 14.9 Å². The standard InChI is InChI=1S/C32H27ClF2N6O3/c1-39-13-11-20-15-22(6-7-25(20)39)40(31(44)26-8-9-28(42)41(26)27-14-19(18-36)10-12-37-27)29(23-4-2-3-5-24(23)33)30(43)38-21-16-32(34,35)17-21/h2-7,10-15,21,26,29H,8-9,16-17H2,1H3,(H,38,43). The summed E-state index contributed by atoms with van der Waals surface area (Å²) in [5, 5.41) is 13.1. The Bertz CT molecular complexity index is 1830. The van der Waals surface area contributed by atoms with Gasteiger partial charge < -0.3 is 9.88 Å². The third-order valence-electron chi connectivity index (χ3n) is 8.15. The van der Waals surface area contributed by atoms with Gasteiger partial charge in [0.25, 0.3) is 11.8 Å². The smallest absolute Gasteiger partial charge is 0.252 e. The minimum Gasteiger partial charge on any atom is -0.351 e. The van der Waals surface area contributed by atoms with Crippen LogP contribution in [0.2, 0.25) is 5.02 Å². The summed E-state index contributed by atoms with van der Waals surface area (Å²) in [5.41, 5.74) is 1.79. The summed E-state index contributed by atoms with van der Waals surface area (Å²) in [5.74, 6) is -4.37. The number of nitrogens with zero attached hydrogens (tertiary/aromatic N) is 5. The lowest BCUT2D eigenvalue weighted by Crippen LogP contribution is -2.56. The van der Waals surface area contributed by atoms with E-state index in [1.807, 2.05) is 36.0 Å². The molecular formula is C32H27ClF2N6O3. The second-order valence-electron chi connectivity index (χ2n) is 11.1. The van der Waals surface area contributed by atoms with E-state index in [2.05, 4.69) is 10.3 Å². The summed E-state index contributed by atoms with van der Waals surface area (Å²) >= 11 is 6.62. The number of hydrogen-bond acceptors (Lipinski definition) is 5. The van der Waals surface area contributed by atoms with E-state index in [0.29, 0.717) is 11.3 Å². The highest BCUT2D eigenvalue weighted by molar-refractivity contribution is 6.31. The van der Waals surface area contributed by atoms with Gasteiger partial charge in [0.1, 0.15) is 17.9 Å². The van der Waals surface area contributed by atoms with Gasteiger partial charge in [-0.2, -0.15) is 5.26 Å². The molecular weight excluding hydrogens is 590 g/mol. The predicted octanol–water partition coefficient (Wildman–Crippen LogP) is 5.28. The molecule has 44 heavy (non-hydrogen) atoms. The molecule has 224 valence electrons. The Balaban J connectivity index is 1.48. The molecule has 1 saturated carbocycles. The van der Waals surface area contributed by atoms with Crippen molar-refractivity contribution in [3.05, 3.63) is 89.2 Å². The fraction of sp³-hybridized carbons (Fsp3) is 0.281. The van der Waals surface area contributed by atoms with Crippen LogP contribution in [0.1, 0.15) is 42.9 Å². The first kappa shape index (κ1) is 29.3. The van der Waals surface area contributed by atoms with Crippen molar-refractivity contribution in [1.29, 1.82) is 5.26 Å². The molecule has 2 fully saturated rings. The molecule has 4 aromatic rings. The average molecular weight is 617 g/mol. The minimum atomic E-state index is -2.87. The number of anilines is 2. The van der Waals surface area contributed by atoms with Gasteiger partial charge in [0.05, 0.1) is 11.6 Å². The molecule has 1 saturated heterocycles. The van der Waals surface area contributed by atoms with Crippen molar-refractivity contribution in [2.75, 3.05) is 9.80 Å². The Morgan fingerprint density at radius 1 is 1.16 bits per heavy atom. The molecule has 3 heterocycles. The van der Waals surface area contributed by atoms with Gasteiger partial charge >= 0.3 is 0 Å². The molecule has 2 atom stereocenters. The average Bonchev–Trinajstić information content (AvgIpc) is 3.56. The maximum Gasteiger partial charge on any atom is 0.252 e. The Kier molecular flexibility index (Phi) is 7.55. The number of carbonyl (C=O) groups is 3. The zero-order valence-electron chi connectivity index (χ0n) is 23.6. The molecule has 2 aromatic heterocycles. The number of hydrogen-bond donors (Lipinski definition) is 1. The quantitative estimate of drug-likeness (QED) is 0.304. The number of fused-ring (bicyclic) bond motifs is 1. The lowest BCUT2D eigenvalue weighted by molar-refractivity contribution is -0.133. The first-order chi connectivity index (χ1) is 21.1. The number of aromatic nitrogens is 2. The highest BCUT2D eigenvalue weighted by Gasteiger charge is 2.48. The van der Waals surface area contributed by atoms with Crippen LogP contribution in [0.15, 0.2) is 73.1 Å². The van der Waals surface area contributed by atoms with Crippen LogP contribution in [0.3, 0.4) is 0 Å². The van der Waals surface area contributed by atoms with E-state index >= 15 is 0 Å². The number of aryl methyl sites for hydroxylation is 1. The molecule has 0 bridgehead atoms. The van der Waals surface area contributed by atoms with Crippen molar-refractivity contribution < 1.29 is 23.2 Å². The van der Waals surface area contributed by atoms with Crippen LogP contribution in [0.25, 0.3) is 10.9 Å². The van der Waals surface area contributed by atoms with Gasteiger partial charge in [0, 0.05) is 71.9 Å².